The fraction of sp³-hybridized carbons (Fsp3) is 0.259. The van der Waals surface area contributed by atoms with Gasteiger partial charge < -0.3 is 21.3 Å². The Hall–Kier alpha value is -4.31. The van der Waals surface area contributed by atoms with Crippen molar-refractivity contribution in [1.29, 1.82) is 0 Å². The molecule has 0 bridgehead atoms. The maximum Gasteiger partial charge on any atom is 0.260 e. The zero-order chi connectivity index (χ0) is 27.3. The number of halogens is 1. The Balaban J connectivity index is 1.68. The van der Waals surface area contributed by atoms with E-state index in [0.717, 1.165) is 18.4 Å². The normalized spacial score (nSPS) is 10.4. The summed E-state index contributed by atoms with van der Waals surface area (Å²) < 4.78 is 0. The van der Waals surface area contributed by atoms with Crippen LogP contribution in [0, 0.1) is 0 Å². The first-order valence-corrected chi connectivity index (χ1v) is 12.6. The summed E-state index contributed by atoms with van der Waals surface area (Å²) in [4.78, 5) is 49.5. The van der Waals surface area contributed by atoms with E-state index in [9.17, 15) is 14.4 Å². The molecule has 198 valence electrons. The number of pyridine rings is 1. The molecular weight excluding hydrogens is 506 g/mol. The highest BCUT2D eigenvalue weighted by Crippen LogP contribution is 2.24. The van der Waals surface area contributed by atoms with Crippen LogP contribution in [0.1, 0.15) is 42.1 Å². The van der Waals surface area contributed by atoms with Crippen molar-refractivity contribution < 1.29 is 14.4 Å². The van der Waals surface area contributed by atoms with Crippen molar-refractivity contribution in [3.63, 3.8) is 0 Å². The van der Waals surface area contributed by atoms with E-state index in [1.165, 1.54) is 12.3 Å². The summed E-state index contributed by atoms with van der Waals surface area (Å²) in [5.41, 5.74) is 2.15. The first kappa shape index (κ1) is 28.3. The molecule has 0 aliphatic carbocycles. The monoisotopic (exact) mass is 535 g/mol. The number of benzene rings is 1. The second-order valence-electron chi connectivity index (χ2n) is 8.32. The Morgan fingerprint density at radius 1 is 1.00 bits per heavy atom. The van der Waals surface area contributed by atoms with Gasteiger partial charge in [0.05, 0.1) is 0 Å². The Morgan fingerprint density at radius 3 is 2.45 bits per heavy atom. The third-order valence-corrected chi connectivity index (χ3v) is 5.51. The van der Waals surface area contributed by atoms with Gasteiger partial charge in [0.15, 0.2) is 5.78 Å². The van der Waals surface area contributed by atoms with E-state index < -0.39 is 5.91 Å². The van der Waals surface area contributed by atoms with Crippen LogP contribution in [0.4, 0.5) is 23.1 Å². The number of nitrogens with one attached hydrogen (secondary N) is 4. The number of amides is 2. The fourth-order valence-electron chi connectivity index (χ4n) is 3.37. The lowest BCUT2D eigenvalue weighted by Gasteiger charge is -2.14. The minimum Gasteiger partial charge on any atom is -0.369 e. The molecule has 38 heavy (non-hydrogen) atoms. The summed E-state index contributed by atoms with van der Waals surface area (Å²) in [6, 6.07) is 8.58. The maximum atomic E-state index is 13.1. The van der Waals surface area contributed by atoms with E-state index in [1.54, 1.807) is 30.6 Å². The number of hydrogen-bond donors (Lipinski definition) is 4. The van der Waals surface area contributed by atoms with E-state index in [4.69, 9.17) is 11.6 Å². The molecule has 2 amide bonds. The van der Waals surface area contributed by atoms with Crippen molar-refractivity contribution in [2.45, 2.75) is 32.6 Å². The van der Waals surface area contributed by atoms with Crippen LogP contribution >= 0.6 is 11.6 Å². The Morgan fingerprint density at radius 2 is 1.74 bits per heavy atom. The predicted octanol–water partition coefficient (Wildman–Crippen LogP) is 4.73. The van der Waals surface area contributed by atoms with Gasteiger partial charge in [0, 0.05) is 60.9 Å². The van der Waals surface area contributed by atoms with Crippen molar-refractivity contribution in [3.8, 4) is 0 Å². The number of carbonyl (C=O) groups excluding carboxylic acids is 3. The molecule has 10 nitrogen and oxygen atoms in total. The van der Waals surface area contributed by atoms with Gasteiger partial charge in [-0.25, -0.2) is 4.98 Å². The summed E-state index contributed by atoms with van der Waals surface area (Å²) in [7, 11) is 0. The number of nitrogens with zero attached hydrogens (tertiary/aromatic N) is 3. The lowest BCUT2D eigenvalue weighted by atomic mass is 10.2. The summed E-state index contributed by atoms with van der Waals surface area (Å²) in [6.45, 7) is 6.64. The van der Waals surface area contributed by atoms with Gasteiger partial charge in [-0.3, -0.25) is 19.4 Å². The predicted molar refractivity (Wildman–Crippen MR) is 150 cm³/mol. The first-order valence-electron chi connectivity index (χ1n) is 12.2. The topological polar surface area (TPSA) is 138 Å². The SMILES string of the molecule is C=CC(=O)CCC(=O)Nc1cc(Cl)cc(NC(=O)c2cnc(NCCc3ccncc3)nc2NCCC)c1. The number of hydrogen-bond acceptors (Lipinski definition) is 8. The van der Waals surface area contributed by atoms with Gasteiger partial charge in [-0.2, -0.15) is 4.98 Å². The Bertz CT molecular complexity index is 1280. The molecule has 0 aliphatic heterocycles. The van der Waals surface area contributed by atoms with Gasteiger partial charge in [-0.15, -0.1) is 0 Å². The van der Waals surface area contributed by atoms with Crippen LogP contribution in [0.3, 0.4) is 0 Å². The van der Waals surface area contributed by atoms with Crippen molar-refractivity contribution in [2.24, 2.45) is 0 Å². The lowest BCUT2D eigenvalue weighted by Crippen LogP contribution is -2.18. The summed E-state index contributed by atoms with van der Waals surface area (Å²) in [6.07, 6.45) is 7.80. The zero-order valence-electron chi connectivity index (χ0n) is 21.1. The molecule has 3 aromatic rings. The van der Waals surface area contributed by atoms with Crippen LogP contribution in [0.15, 0.2) is 61.6 Å². The fourth-order valence-corrected chi connectivity index (χ4v) is 3.61. The molecule has 3 rings (SSSR count). The molecule has 0 spiro atoms. The van der Waals surface area contributed by atoms with Crippen LogP contribution in [0.25, 0.3) is 0 Å². The lowest BCUT2D eigenvalue weighted by molar-refractivity contribution is -0.120. The van der Waals surface area contributed by atoms with E-state index in [1.807, 2.05) is 19.1 Å². The van der Waals surface area contributed by atoms with Crippen LogP contribution in [-0.2, 0) is 16.0 Å². The maximum absolute atomic E-state index is 13.1. The number of carbonyl (C=O) groups is 3. The van der Waals surface area contributed by atoms with Gasteiger partial charge in [-0.05, 0) is 54.8 Å². The molecule has 0 saturated heterocycles. The van der Waals surface area contributed by atoms with E-state index in [0.29, 0.717) is 41.3 Å². The Labute approximate surface area is 226 Å². The number of ketones is 1. The average molecular weight is 536 g/mol. The summed E-state index contributed by atoms with van der Waals surface area (Å²) >= 11 is 6.21. The molecule has 11 heteroatoms. The molecule has 0 atom stereocenters. The van der Waals surface area contributed by atoms with Crippen LogP contribution in [0.2, 0.25) is 5.02 Å². The molecule has 4 N–H and O–H groups in total. The van der Waals surface area contributed by atoms with E-state index >= 15 is 0 Å². The highest BCUT2D eigenvalue weighted by molar-refractivity contribution is 6.31. The van der Waals surface area contributed by atoms with Crippen LogP contribution in [-0.4, -0.2) is 45.6 Å². The molecule has 0 saturated carbocycles. The second kappa shape index (κ2) is 14.4. The molecule has 1 aromatic carbocycles. The van der Waals surface area contributed by atoms with Gasteiger partial charge in [0.1, 0.15) is 11.4 Å². The summed E-state index contributed by atoms with van der Waals surface area (Å²) in [5, 5.41) is 12.1. The van der Waals surface area contributed by atoms with Gasteiger partial charge in [0.25, 0.3) is 5.91 Å². The van der Waals surface area contributed by atoms with Crippen molar-refractivity contribution in [1.82, 2.24) is 15.0 Å². The molecule has 0 aliphatic rings. The Kier molecular flexibility index (Phi) is 10.7. The smallest absolute Gasteiger partial charge is 0.260 e. The zero-order valence-corrected chi connectivity index (χ0v) is 21.8. The minimum absolute atomic E-state index is 0.00575. The van der Waals surface area contributed by atoms with Crippen molar-refractivity contribution >= 4 is 52.3 Å². The third-order valence-electron chi connectivity index (χ3n) is 5.29. The quantitative estimate of drug-likeness (QED) is 0.217. The van der Waals surface area contributed by atoms with E-state index in [2.05, 4.69) is 42.8 Å². The molecule has 0 unspecified atom stereocenters. The van der Waals surface area contributed by atoms with Gasteiger partial charge in [-0.1, -0.05) is 25.1 Å². The molecule has 2 heterocycles. The minimum atomic E-state index is -0.442. The largest absolute Gasteiger partial charge is 0.369 e. The molecular formula is C27H30ClN7O3. The first-order chi connectivity index (χ1) is 18.4. The highest BCUT2D eigenvalue weighted by atomic mass is 35.5. The van der Waals surface area contributed by atoms with Crippen molar-refractivity contribution in [3.05, 3.63) is 77.7 Å². The summed E-state index contributed by atoms with van der Waals surface area (Å²) in [5.74, 6) is -0.219. The van der Waals surface area contributed by atoms with Crippen LogP contribution in [0.5, 0.6) is 0 Å². The molecule has 0 fully saturated rings. The standard InChI is InChI=1S/C27H30ClN7O3/c1-3-10-30-25-23(17-32-27(35-25)31-13-9-18-7-11-29-12-8-18)26(38)34-21-15-19(28)14-20(16-21)33-24(37)6-5-22(36)4-2/h4,7-8,11-12,14-17H,2-3,5-6,9-10,13H2,1H3,(H,33,37)(H,34,38)(H2,30,31,32,35). The van der Waals surface area contributed by atoms with Crippen molar-refractivity contribution in [2.75, 3.05) is 34.4 Å². The number of allylic oxidation sites excluding steroid dienone is 1. The van der Waals surface area contributed by atoms with Gasteiger partial charge in [0.2, 0.25) is 11.9 Å². The second-order valence-corrected chi connectivity index (χ2v) is 8.75. The number of aromatic nitrogens is 3. The average Bonchev–Trinajstić information content (AvgIpc) is 2.90. The van der Waals surface area contributed by atoms with E-state index in [-0.39, 0.29) is 30.1 Å². The van der Waals surface area contributed by atoms with Crippen LogP contribution < -0.4 is 21.3 Å². The number of rotatable bonds is 14. The molecule has 0 radical (unpaired) electrons. The number of anilines is 4. The third kappa shape index (κ3) is 8.97. The van der Waals surface area contributed by atoms with Gasteiger partial charge >= 0.3 is 0 Å². The molecule has 2 aromatic heterocycles. The highest BCUT2D eigenvalue weighted by Gasteiger charge is 2.16.